The monoisotopic (exact) mass is 782 g/mol. The number of hydrogen-bond donors (Lipinski definition) is 2. The summed E-state index contributed by atoms with van der Waals surface area (Å²) in [6.07, 6.45) is 5.72. The molecule has 0 spiro atoms. The van der Waals surface area contributed by atoms with Gasteiger partial charge in [0.25, 0.3) is 11.8 Å². The number of aryl methyl sites for hydroxylation is 1. The molecular weight excluding hydrogens is 732 g/mol. The highest BCUT2D eigenvalue weighted by molar-refractivity contribution is 6.24. The maximum Gasteiger partial charge on any atom is 0.322 e. The summed E-state index contributed by atoms with van der Waals surface area (Å²) >= 11 is 0. The van der Waals surface area contributed by atoms with Crippen molar-refractivity contribution in [1.29, 1.82) is 0 Å². The summed E-state index contributed by atoms with van der Waals surface area (Å²) in [5.74, 6) is -1.16. The normalized spacial score (nSPS) is 17.8. The van der Waals surface area contributed by atoms with Crippen molar-refractivity contribution in [2.45, 2.75) is 77.0 Å². The molecule has 302 valence electrons. The number of ether oxygens (including phenoxy) is 4. The van der Waals surface area contributed by atoms with Crippen LogP contribution in [0.15, 0.2) is 48.7 Å². The molecule has 2 saturated heterocycles. The molecule has 1 atom stereocenters. The van der Waals surface area contributed by atoms with Crippen LogP contribution in [0.3, 0.4) is 0 Å². The second-order valence-corrected chi connectivity index (χ2v) is 14.9. The van der Waals surface area contributed by atoms with E-state index in [4.69, 9.17) is 28.9 Å². The van der Waals surface area contributed by atoms with Gasteiger partial charge in [0.05, 0.1) is 37.1 Å². The van der Waals surface area contributed by atoms with Gasteiger partial charge < -0.3 is 29.2 Å². The summed E-state index contributed by atoms with van der Waals surface area (Å²) in [4.78, 5) is 62.8. The van der Waals surface area contributed by atoms with Crippen molar-refractivity contribution < 1.29 is 38.1 Å². The fourth-order valence-electron chi connectivity index (χ4n) is 7.22. The topological polar surface area (TPSA) is 179 Å². The van der Waals surface area contributed by atoms with Crippen molar-refractivity contribution in [1.82, 2.24) is 34.7 Å². The summed E-state index contributed by atoms with van der Waals surface area (Å²) in [5.41, 5.74) is 4.42. The number of anilines is 1. The van der Waals surface area contributed by atoms with Gasteiger partial charge in [-0.05, 0) is 68.3 Å². The largest absolute Gasteiger partial charge is 0.490 e. The van der Waals surface area contributed by atoms with Crippen LogP contribution in [0.25, 0.3) is 5.65 Å². The Morgan fingerprint density at radius 2 is 1.61 bits per heavy atom. The minimum absolute atomic E-state index is 0.0559. The highest BCUT2D eigenvalue weighted by atomic mass is 16.5. The highest BCUT2D eigenvalue weighted by Crippen LogP contribution is 2.33. The molecule has 1 unspecified atom stereocenters. The summed E-state index contributed by atoms with van der Waals surface area (Å²) in [7, 11) is 2.13. The molecule has 16 heteroatoms. The number of aromatic nitrogens is 4. The van der Waals surface area contributed by atoms with Crippen molar-refractivity contribution in [2.24, 2.45) is 0 Å². The number of hydrogen-bond acceptors (Lipinski definition) is 13. The molecule has 2 aromatic heterocycles. The molecule has 0 bridgehead atoms. The molecule has 5 heterocycles. The standard InChI is InChI=1S/C41H50N8O8/c1-26(2)31-25-43-49-36(31)45-41(57-29-15-17-47(3)18-16-29)46-40(49)42-24-28-11-9-27(10-12-28)6-5-19-54-20-21-55-22-23-56-33-8-4-7-30-35(33)39(53)48(38(30)52)32-13-14-34(50)44-37(32)51/h4,7-12,25-26,29,32H,5-6,13-24H2,1-3H3,(H,42,45,46)(H,44,50,51). The predicted octanol–water partition coefficient (Wildman–Crippen LogP) is 3.78. The van der Waals surface area contributed by atoms with E-state index in [1.165, 1.54) is 11.6 Å². The lowest BCUT2D eigenvalue weighted by molar-refractivity contribution is -0.136. The molecular formula is C41H50N8O8. The molecule has 2 aromatic carbocycles. The van der Waals surface area contributed by atoms with Crippen molar-refractivity contribution in [2.75, 3.05) is 58.5 Å². The Hall–Kier alpha value is -5.45. The number of nitrogens with one attached hydrogen (secondary N) is 2. The van der Waals surface area contributed by atoms with E-state index in [2.05, 4.69) is 65.8 Å². The number of benzene rings is 2. The second kappa shape index (κ2) is 18.2. The summed E-state index contributed by atoms with van der Waals surface area (Å²) in [6, 6.07) is 12.6. The first-order chi connectivity index (χ1) is 27.7. The van der Waals surface area contributed by atoms with Gasteiger partial charge in [0, 0.05) is 38.2 Å². The zero-order valence-electron chi connectivity index (χ0n) is 32.7. The Morgan fingerprint density at radius 3 is 2.37 bits per heavy atom. The lowest BCUT2D eigenvalue weighted by atomic mass is 10.0. The van der Waals surface area contributed by atoms with E-state index in [0.29, 0.717) is 38.3 Å². The smallest absolute Gasteiger partial charge is 0.322 e. The molecule has 7 rings (SSSR count). The van der Waals surface area contributed by atoms with Crippen molar-refractivity contribution >= 4 is 35.2 Å². The van der Waals surface area contributed by atoms with Crippen LogP contribution >= 0.6 is 0 Å². The average molecular weight is 783 g/mol. The number of piperidine rings is 2. The molecule has 0 saturated carbocycles. The first-order valence-corrected chi connectivity index (χ1v) is 19.7. The number of amides is 4. The maximum absolute atomic E-state index is 13.2. The van der Waals surface area contributed by atoms with Gasteiger partial charge in [0.2, 0.25) is 17.8 Å². The van der Waals surface area contributed by atoms with E-state index in [-0.39, 0.29) is 55.0 Å². The number of fused-ring (bicyclic) bond motifs is 2. The second-order valence-electron chi connectivity index (χ2n) is 14.9. The van der Waals surface area contributed by atoms with Gasteiger partial charge in [-0.3, -0.25) is 29.4 Å². The van der Waals surface area contributed by atoms with Gasteiger partial charge in [0.1, 0.15) is 24.5 Å². The number of carbonyl (C=O) groups excluding carboxylic acids is 4. The number of imide groups is 2. The quantitative estimate of drug-likeness (QED) is 0.110. The fourth-order valence-corrected chi connectivity index (χ4v) is 7.22. The molecule has 3 aliphatic rings. The third-order valence-corrected chi connectivity index (χ3v) is 10.4. The van der Waals surface area contributed by atoms with Crippen LogP contribution in [-0.2, 0) is 32.0 Å². The minimum atomic E-state index is -1.03. The number of rotatable bonds is 18. The molecule has 0 radical (unpaired) electrons. The molecule has 3 aliphatic heterocycles. The Bertz CT molecular complexity index is 2080. The lowest BCUT2D eigenvalue weighted by Crippen LogP contribution is -2.54. The zero-order chi connectivity index (χ0) is 39.9. The molecule has 2 N–H and O–H groups in total. The Balaban J connectivity index is 0.799. The Kier molecular flexibility index (Phi) is 12.7. The average Bonchev–Trinajstić information content (AvgIpc) is 3.74. The van der Waals surface area contributed by atoms with Crippen LogP contribution in [0.5, 0.6) is 11.8 Å². The Labute approximate surface area is 331 Å². The van der Waals surface area contributed by atoms with E-state index >= 15 is 0 Å². The molecule has 0 aliphatic carbocycles. The van der Waals surface area contributed by atoms with Gasteiger partial charge >= 0.3 is 6.01 Å². The minimum Gasteiger partial charge on any atom is -0.490 e. The van der Waals surface area contributed by atoms with Crippen LogP contribution in [0.4, 0.5) is 5.95 Å². The van der Waals surface area contributed by atoms with Crippen molar-refractivity contribution in [3.8, 4) is 11.8 Å². The molecule has 4 amide bonds. The number of carbonyl (C=O) groups is 4. The van der Waals surface area contributed by atoms with Crippen LogP contribution in [-0.4, -0.2) is 118 Å². The molecule has 4 aromatic rings. The van der Waals surface area contributed by atoms with Crippen molar-refractivity contribution in [3.63, 3.8) is 0 Å². The van der Waals surface area contributed by atoms with E-state index in [1.54, 1.807) is 16.6 Å². The van der Waals surface area contributed by atoms with Gasteiger partial charge in [-0.1, -0.05) is 44.2 Å². The van der Waals surface area contributed by atoms with E-state index < -0.39 is 29.7 Å². The summed E-state index contributed by atoms with van der Waals surface area (Å²) in [5, 5.41) is 10.2. The molecule has 57 heavy (non-hydrogen) atoms. The summed E-state index contributed by atoms with van der Waals surface area (Å²) in [6.45, 7) is 8.61. The Morgan fingerprint density at radius 1 is 0.877 bits per heavy atom. The van der Waals surface area contributed by atoms with Gasteiger partial charge in [-0.15, -0.1) is 0 Å². The zero-order valence-corrected chi connectivity index (χ0v) is 32.7. The first kappa shape index (κ1) is 39.8. The van der Waals surface area contributed by atoms with E-state index in [9.17, 15) is 19.2 Å². The number of nitrogens with zero attached hydrogens (tertiary/aromatic N) is 6. The van der Waals surface area contributed by atoms with Crippen LogP contribution in [0.1, 0.15) is 89.3 Å². The van der Waals surface area contributed by atoms with E-state index in [0.717, 1.165) is 60.4 Å². The van der Waals surface area contributed by atoms with Gasteiger partial charge in [-0.25, -0.2) is 0 Å². The maximum atomic E-state index is 13.2. The lowest BCUT2D eigenvalue weighted by Gasteiger charge is -2.28. The van der Waals surface area contributed by atoms with Crippen LogP contribution in [0.2, 0.25) is 0 Å². The fraction of sp³-hybridized carbons (Fsp3) is 0.488. The van der Waals surface area contributed by atoms with Gasteiger partial charge in [-0.2, -0.15) is 19.6 Å². The summed E-state index contributed by atoms with van der Waals surface area (Å²) < 4.78 is 25.3. The van der Waals surface area contributed by atoms with Crippen LogP contribution in [0, 0.1) is 0 Å². The van der Waals surface area contributed by atoms with Crippen molar-refractivity contribution in [3.05, 3.63) is 76.5 Å². The van der Waals surface area contributed by atoms with E-state index in [1.807, 2.05) is 6.20 Å². The SMILES string of the molecule is CC(C)c1cnn2c(NCc3ccc(CCCOCCOCCOc4cccc5c4C(=O)N(C4CCC(=O)NC4=O)C5=O)cc3)nc(OC3CCN(C)CC3)nc12. The van der Waals surface area contributed by atoms with Crippen LogP contribution < -0.4 is 20.1 Å². The molecule has 2 fully saturated rings. The third kappa shape index (κ3) is 9.41. The highest BCUT2D eigenvalue weighted by Gasteiger charge is 2.46. The third-order valence-electron chi connectivity index (χ3n) is 10.4. The van der Waals surface area contributed by atoms with Gasteiger partial charge in [0.15, 0.2) is 5.65 Å². The predicted molar refractivity (Wildman–Crippen MR) is 208 cm³/mol. The first-order valence-electron chi connectivity index (χ1n) is 19.7. The number of likely N-dealkylation sites (tertiary alicyclic amines) is 1. The molecule has 16 nitrogen and oxygen atoms in total.